The van der Waals surface area contributed by atoms with Crippen molar-refractivity contribution in [2.45, 2.75) is 25.3 Å². The quantitative estimate of drug-likeness (QED) is 0.488. The number of rotatable bonds is 6. The zero-order chi connectivity index (χ0) is 20.6. The summed E-state index contributed by atoms with van der Waals surface area (Å²) in [4.78, 5) is 48.9. The molecular weight excluding hydrogens is 381 g/mol. The Labute approximate surface area is 157 Å². The Morgan fingerprint density at radius 2 is 1.86 bits per heavy atom. The fourth-order valence-electron chi connectivity index (χ4n) is 2.99. The van der Waals surface area contributed by atoms with E-state index in [2.05, 4.69) is 10.6 Å². The molecule has 1 saturated heterocycles. The third kappa shape index (κ3) is 3.64. The van der Waals surface area contributed by atoms with Crippen molar-refractivity contribution >= 4 is 29.4 Å². The fourth-order valence-corrected chi connectivity index (χ4v) is 2.99. The molecule has 2 fully saturated rings. The van der Waals surface area contributed by atoms with Crippen molar-refractivity contribution in [3.05, 3.63) is 29.6 Å². The Kier molecular flexibility index (Phi) is 5.01. The lowest BCUT2D eigenvalue weighted by Crippen LogP contribution is -2.47. The van der Waals surface area contributed by atoms with Crippen LogP contribution in [0.1, 0.15) is 19.8 Å². The first-order valence-corrected chi connectivity index (χ1v) is 8.47. The second-order valence-electron chi connectivity index (χ2n) is 6.85. The minimum atomic E-state index is -1.74. The summed E-state index contributed by atoms with van der Waals surface area (Å²) in [5.74, 6) is -6.88. The molecule has 1 aromatic rings. The van der Waals surface area contributed by atoms with Crippen LogP contribution < -0.4 is 16.0 Å². The van der Waals surface area contributed by atoms with Crippen molar-refractivity contribution in [1.82, 2.24) is 15.5 Å². The van der Waals surface area contributed by atoms with Gasteiger partial charge in [0, 0.05) is 0 Å². The number of imide groups is 1. The highest BCUT2D eigenvalue weighted by atomic mass is 19.2. The van der Waals surface area contributed by atoms with Gasteiger partial charge in [-0.05, 0) is 37.8 Å². The van der Waals surface area contributed by atoms with Gasteiger partial charge in [0.05, 0.1) is 12.2 Å². The third-order valence-corrected chi connectivity index (χ3v) is 4.75. The summed E-state index contributed by atoms with van der Waals surface area (Å²) in [5, 5.41) is 6.74. The molecule has 11 heteroatoms. The molecule has 1 atom stereocenters. The van der Waals surface area contributed by atoms with Gasteiger partial charge in [-0.2, -0.15) is 0 Å². The zero-order valence-corrected chi connectivity index (χ0v) is 14.8. The average Bonchev–Trinajstić information content (AvgIpc) is 3.47. The largest absolute Gasteiger partial charge is 0.345 e. The lowest BCUT2D eigenvalue weighted by molar-refractivity contribution is -0.135. The van der Waals surface area contributed by atoms with Gasteiger partial charge < -0.3 is 16.0 Å². The minimum Gasteiger partial charge on any atom is -0.345 e. The van der Waals surface area contributed by atoms with Crippen LogP contribution in [0.15, 0.2) is 12.1 Å². The summed E-state index contributed by atoms with van der Waals surface area (Å²) in [7, 11) is 0. The van der Waals surface area contributed by atoms with Crippen LogP contribution in [0.25, 0.3) is 0 Å². The molecule has 0 radical (unpaired) electrons. The molecule has 28 heavy (non-hydrogen) atoms. The second-order valence-corrected chi connectivity index (χ2v) is 6.85. The van der Waals surface area contributed by atoms with Crippen LogP contribution in [0.4, 0.5) is 23.7 Å². The molecule has 3 rings (SSSR count). The number of amides is 5. The number of benzene rings is 1. The number of urea groups is 1. The Hall–Kier alpha value is -3.11. The second kappa shape index (κ2) is 7.13. The number of nitrogens with zero attached hydrogens (tertiary/aromatic N) is 1. The van der Waals surface area contributed by atoms with Gasteiger partial charge in [-0.1, -0.05) is 0 Å². The van der Waals surface area contributed by atoms with Gasteiger partial charge in [0.15, 0.2) is 17.5 Å². The van der Waals surface area contributed by atoms with E-state index in [1.54, 1.807) is 6.92 Å². The van der Waals surface area contributed by atoms with Gasteiger partial charge in [-0.15, -0.1) is 0 Å². The van der Waals surface area contributed by atoms with Gasteiger partial charge in [0.25, 0.3) is 5.91 Å². The van der Waals surface area contributed by atoms with Crippen LogP contribution in [-0.4, -0.2) is 47.3 Å². The van der Waals surface area contributed by atoms with E-state index < -0.39 is 65.5 Å². The first kappa shape index (κ1) is 19.6. The Bertz CT molecular complexity index is 874. The molecule has 8 nitrogen and oxygen atoms in total. The maximum atomic E-state index is 13.5. The first-order chi connectivity index (χ1) is 13.1. The van der Waals surface area contributed by atoms with Gasteiger partial charge in [0.2, 0.25) is 11.8 Å². The van der Waals surface area contributed by atoms with Crippen LogP contribution in [0.2, 0.25) is 0 Å². The normalized spacial score (nSPS) is 21.5. The van der Waals surface area contributed by atoms with Crippen LogP contribution >= 0.6 is 0 Å². The lowest BCUT2D eigenvalue weighted by Gasteiger charge is -2.20. The number of halogens is 3. The highest BCUT2D eigenvalue weighted by Crippen LogP contribution is 2.42. The summed E-state index contributed by atoms with van der Waals surface area (Å²) in [6.07, 6.45) is 1.62. The molecular formula is C17H17F3N4O4. The number of hydrogen-bond donors (Lipinski definition) is 3. The SMILES string of the molecule is C[C@@]1(C2CC2)NC(=O)N(CC(=O)NCC(=O)Nc2ccc(F)c(F)c2F)C1=O. The highest BCUT2D eigenvalue weighted by molar-refractivity contribution is 6.09. The van der Waals surface area contributed by atoms with Crippen molar-refractivity contribution in [3.8, 4) is 0 Å². The molecule has 150 valence electrons. The number of hydrogen-bond acceptors (Lipinski definition) is 4. The number of anilines is 1. The smallest absolute Gasteiger partial charge is 0.325 e. The van der Waals surface area contributed by atoms with E-state index in [0.29, 0.717) is 6.07 Å². The maximum Gasteiger partial charge on any atom is 0.325 e. The molecule has 5 amide bonds. The van der Waals surface area contributed by atoms with Crippen molar-refractivity contribution in [3.63, 3.8) is 0 Å². The van der Waals surface area contributed by atoms with Crippen LogP contribution in [0, 0.1) is 23.4 Å². The van der Waals surface area contributed by atoms with Crippen molar-refractivity contribution in [2.75, 3.05) is 18.4 Å². The summed E-state index contributed by atoms with van der Waals surface area (Å²) >= 11 is 0. The molecule has 0 bridgehead atoms. The number of carbonyl (C=O) groups excluding carboxylic acids is 4. The Morgan fingerprint density at radius 3 is 2.50 bits per heavy atom. The number of carbonyl (C=O) groups is 4. The summed E-state index contributed by atoms with van der Waals surface area (Å²) in [6, 6.07) is 0.781. The number of nitrogens with one attached hydrogen (secondary N) is 3. The summed E-state index contributed by atoms with van der Waals surface area (Å²) in [6.45, 7) is 0.396. The van der Waals surface area contributed by atoms with E-state index in [4.69, 9.17) is 0 Å². The molecule has 0 aromatic heterocycles. The van der Waals surface area contributed by atoms with E-state index in [1.807, 2.05) is 5.32 Å². The molecule has 1 aliphatic heterocycles. The molecule has 3 N–H and O–H groups in total. The van der Waals surface area contributed by atoms with Crippen molar-refractivity contribution < 1.29 is 32.3 Å². The van der Waals surface area contributed by atoms with Gasteiger partial charge >= 0.3 is 6.03 Å². The molecule has 1 aliphatic carbocycles. The first-order valence-electron chi connectivity index (χ1n) is 8.47. The third-order valence-electron chi connectivity index (χ3n) is 4.75. The van der Waals surface area contributed by atoms with Crippen LogP contribution in [-0.2, 0) is 14.4 Å². The molecule has 1 saturated carbocycles. The molecule has 2 aliphatic rings. The minimum absolute atomic E-state index is 0.0359. The summed E-state index contributed by atoms with van der Waals surface area (Å²) < 4.78 is 39.5. The van der Waals surface area contributed by atoms with E-state index in [9.17, 15) is 32.3 Å². The van der Waals surface area contributed by atoms with Gasteiger partial charge in [-0.3, -0.25) is 19.3 Å². The Balaban J connectivity index is 1.52. The zero-order valence-electron chi connectivity index (χ0n) is 14.8. The highest BCUT2D eigenvalue weighted by Gasteiger charge is 2.56. The van der Waals surface area contributed by atoms with Gasteiger partial charge in [0.1, 0.15) is 12.1 Å². The van der Waals surface area contributed by atoms with E-state index in [0.717, 1.165) is 23.8 Å². The predicted molar refractivity (Wildman–Crippen MR) is 89.3 cm³/mol. The summed E-state index contributed by atoms with van der Waals surface area (Å²) in [5.41, 5.74) is -1.62. The van der Waals surface area contributed by atoms with E-state index in [-0.39, 0.29) is 5.92 Å². The molecule has 0 spiro atoms. The topological polar surface area (TPSA) is 108 Å². The fraction of sp³-hybridized carbons (Fsp3) is 0.412. The van der Waals surface area contributed by atoms with Gasteiger partial charge in [-0.25, -0.2) is 18.0 Å². The monoisotopic (exact) mass is 398 g/mol. The lowest BCUT2D eigenvalue weighted by atomic mass is 9.96. The van der Waals surface area contributed by atoms with Crippen LogP contribution in [0.3, 0.4) is 0 Å². The molecule has 1 aromatic carbocycles. The molecule has 0 unspecified atom stereocenters. The van der Waals surface area contributed by atoms with E-state index in [1.165, 1.54) is 0 Å². The Morgan fingerprint density at radius 1 is 1.18 bits per heavy atom. The van der Waals surface area contributed by atoms with Crippen molar-refractivity contribution in [1.29, 1.82) is 0 Å². The van der Waals surface area contributed by atoms with E-state index >= 15 is 0 Å². The average molecular weight is 398 g/mol. The standard InChI is InChI=1S/C17H17F3N4O4/c1-17(8-2-3-8)15(27)24(16(28)23-17)7-12(26)21-6-11(25)22-10-5-4-9(18)13(19)14(10)20/h4-5,8H,2-3,6-7H2,1H3,(H,21,26)(H,22,25)(H,23,28)/t17-/m0/s1. The maximum absolute atomic E-state index is 13.5. The van der Waals surface area contributed by atoms with Crippen molar-refractivity contribution in [2.24, 2.45) is 5.92 Å². The van der Waals surface area contributed by atoms with Crippen LogP contribution in [0.5, 0.6) is 0 Å². The molecule has 1 heterocycles. The predicted octanol–water partition coefficient (Wildman–Crippen LogP) is 0.879.